The lowest BCUT2D eigenvalue weighted by atomic mass is 10.1. The molecule has 2 nitrogen and oxygen atoms in total. The van der Waals surface area contributed by atoms with Crippen LogP contribution in [0.4, 0.5) is 0 Å². The van der Waals surface area contributed by atoms with Gasteiger partial charge in [0, 0.05) is 5.56 Å². The Balaban J connectivity index is 2.35. The van der Waals surface area contributed by atoms with Gasteiger partial charge in [0.15, 0.2) is 0 Å². The lowest BCUT2D eigenvalue weighted by molar-refractivity contribution is 0.364. The molecule has 0 amide bonds. The van der Waals surface area contributed by atoms with E-state index in [9.17, 15) is 0 Å². The zero-order valence-corrected chi connectivity index (χ0v) is 10.5. The van der Waals surface area contributed by atoms with Crippen molar-refractivity contribution in [2.45, 2.75) is 0 Å². The van der Waals surface area contributed by atoms with E-state index in [1.165, 1.54) is 0 Å². The van der Waals surface area contributed by atoms with Gasteiger partial charge >= 0.3 is 0 Å². The van der Waals surface area contributed by atoms with Crippen LogP contribution in [0.5, 0.6) is 5.75 Å². The van der Waals surface area contributed by atoms with E-state index in [0.29, 0.717) is 12.4 Å². The highest BCUT2D eigenvalue weighted by atomic mass is 16.5. The number of methoxy groups -OCH3 is 1. The smallest absolute Gasteiger partial charge is 0.120 e. The quantitative estimate of drug-likeness (QED) is 0.580. The van der Waals surface area contributed by atoms with Gasteiger partial charge in [0.25, 0.3) is 0 Å². The van der Waals surface area contributed by atoms with Crippen molar-refractivity contribution in [1.82, 2.24) is 0 Å². The average Bonchev–Trinajstić information content (AvgIpc) is 2.43. The van der Waals surface area contributed by atoms with E-state index >= 15 is 0 Å². The van der Waals surface area contributed by atoms with Gasteiger partial charge in [-0.2, -0.15) is 0 Å². The fourth-order valence-corrected chi connectivity index (χ4v) is 1.76. The third-order valence-electron chi connectivity index (χ3n) is 2.75. The lowest BCUT2D eigenvalue weighted by Crippen LogP contribution is -1.92. The number of rotatable bonds is 5. The Kier molecular flexibility index (Phi) is 3.68. The second-order valence-corrected chi connectivity index (χ2v) is 3.95. The van der Waals surface area contributed by atoms with Crippen LogP contribution < -0.4 is 4.74 Å². The standard InChI is InChI=1S/C16H16O2/c1-4-9-18-16-8-7-14-10-13(12(2)17-3)5-6-15(14)11-16/h4-8,10-11H,1-2,9H2,3H3. The predicted molar refractivity (Wildman–Crippen MR) is 75.7 cm³/mol. The summed E-state index contributed by atoms with van der Waals surface area (Å²) in [6.45, 7) is 8.00. The largest absolute Gasteiger partial charge is 0.497 e. The molecule has 0 spiro atoms. The molecule has 0 aliphatic carbocycles. The first-order valence-corrected chi connectivity index (χ1v) is 5.75. The molecule has 0 aromatic heterocycles. The molecule has 18 heavy (non-hydrogen) atoms. The molecule has 2 heteroatoms. The van der Waals surface area contributed by atoms with Gasteiger partial charge in [0.2, 0.25) is 0 Å². The molecule has 0 heterocycles. The maximum atomic E-state index is 5.50. The molecule has 92 valence electrons. The molecule has 0 aliphatic heterocycles. The van der Waals surface area contributed by atoms with Crippen LogP contribution in [0.15, 0.2) is 55.6 Å². The zero-order chi connectivity index (χ0) is 13.0. The number of hydrogen-bond acceptors (Lipinski definition) is 2. The Labute approximate surface area is 107 Å². The van der Waals surface area contributed by atoms with Crippen LogP contribution >= 0.6 is 0 Å². The van der Waals surface area contributed by atoms with E-state index in [1.807, 2.05) is 30.3 Å². The van der Waals surface area contributed by atoms with E-state index in [0.717, 1.165) is 22.1 Å². The fourth-order valence-electron chi connectivity index (χ4n) is 1.76. The van der Waals surface area contributed by atoms with Crippen LogP contribution in [-0.4, -0.2) is 13.7 Å². The van der Waals surface area contributed by atoms with Crippen molar-refractivity contribution in [2.24, 2.45) is 0 Å². The Morgan fingerprint density at radius 2 is 1.89 bits per heavy atom. The second-order valence-electron chi connectivity index (χ2n) is 3.95. The minimum atomic E-state index is 0.518. The maximum Gasteiger partial charge on any atom is 0.120 e. The van der Waals surface area contributed by atoms with Crippen LogP contribution in [0, 0.1) is 0 Å². The van der Waals surface area contributed by atoms with Crippen LogP contribution in [0.25, 0.3) is 16.5 Å². The van der Waals surface area contributed by atoms with Gasteiger partial charge in [-0.3, -0.25) is 0 Å². The van der Waals surface area contributed by atoms with E-state index < -0.39 is 0 Å². The summed E-state index contributed by atoms with van der Waals surface area (Å²) in [6.07, 6.45) is 1.73. The molecule has 0 atom stereocenters. The summed E-state index contributed by atoms with van der Waals surface area (Å²) >= 11 is 0. The van der Waals surface area contributed by atoms with Gasteiger partial charge < -0.3 is 9.47 Å². The molecular weight excluding hydrogens is 224 g/mol. The molecule has 2 rings (SSSR count). The Bertz CT molecular complexity index is 585. The van der Waals surface area contributed by atoms with Gasteiger partial charge in [0.1, 0.15) is 18.1 Å². The monoisotopic (exact) mass is 240 g/mol. The first-order chi connectivity index (χ1) is 8.74. The second kappa shape index (κ2) is 5.41. The highest BCUT2D eigenvalue weighted by Gasteiger charge is 2.02. The maximum absolute atomic E-state index is 5.50. The third kappa shape index (κ3) is 2.54. The molecule has 0 saturated heterocycles. The van der Waals surface area contributed by atoms with Crippen molar-refractivity contribution in [3.63, 3.8) is 0 Å². The lowest BCUT2D eigenvalue weighted by Gasteiger charge is -2.08. The molecule has 0 fully saturated rings. The first kappa shape index (κ1) is 12.2. The van der Waals surface area contributed by atoms with Crippen molar-refractivity contribution in [3.8, 4) is 5.75 Å². The summed E-state index contributed by atoms with van der Waals surface area (Å²) in [5.41, 5.74) is 0.991. The minimum Gasteiger partial charge on any atom is -0.497 e. The molecule has 0 bridgehead atoms. The Hall–Kier alpha value is -2.22. The zero-order valence-electron chi connectivity index (χ0n) is 10.5. The molecule has 0 saturated carbocycles. The van der Waals surface area contributed by atoms with E-state index in [1.54, 1.807) is 13.2 Å². The minimum absolute atomic E-state index is 0.518. The summed E-state index contributed by atoms with van der Waals surface area (Å²) < 4.78 is 10.6. The topological polar surface area (TPSA) is 18.5 Å². The number of fused-ring (bicyclic) bond motifs is 1. The molecule has 0 aliphatic rings. The SMILES string of the molecule is C=CCOc1ccc2cc(C(=C)OC)ccc2c1. The molecular formula is C16H16O2. The Morgan fingerprint density at radius 3 is 2.61 bits per heavy atom. The summed E-state index contributed by atoms with van der Waals surface area (Å²) in [5, 5.41) is 2.26. The van der Waals surface area contributed by atoms with E-state index in [-0.39, 0.29) is 0 Å². The van der Waals surface area contributed by atoms with Gasteiger partial charge in [-0.25, -0.2) is 0 Å². The van der Waals surface area contributed by atoms with Gasteiger partial charge in [-0.1, -0.05) is 37.4 Å². The molecule has 2 aromatic rings. The van der Waals surface area contributed by atoms with E-state index in [2.05, 4.69) is 19.2 Å². The van der Waals surface area contributed by atoms with Crippen LogP contribution in [0.3, 0.4) is 0 Å². The third-order valence-corrected chi connectivity index (χ3v) is 2.75. The summed E-state index contributed by atoms with van der Waals surface area (Å²) in [6, 6.07) is 12.1. The number of hydrogen-bond donors (Lipinski definition) is 0. The summed E-state index contributed by atoms with van der Waals surface area (Å²) in [5.74, 6) is 1.52. The molecule has 0 N–H and O–H groups in total. The van der Waals surface area contributed by atoms with Crippen LogP contribution in [0.1, 0.15) is 5.56 Å². The van der Waals surface area contributed by atoms with Crippen molar-refractivity contribution in [3.05, 3.63) is 61.2 Å². The molecule has 0 unspecified atom stereocenters. The van der Waals surface area contributed by atoms with Crippen molar-refractivity contribution in [1.29, 1.82) is 0 Å². The van der Waals surface area contributed by atoms with Gasteiger partial charge in [-0.15, -0.1) is 0 Å². The highest BCUT2D eigenvalue weighted by Crippen LogP contribution is 2.24. The predicted octanol–water partition coefficient (Wildman–Crippen LogP) is 4.02. The normalized spacial score (nSPS) is 10.1. The summed E-state index contributed by atoms with van der Waals surface area (Å²) in [4.78, 5) is 0. The van der Waals surface area contributed by atoms with E-state index in [4.69, 9.17) is 9.47 Å². The Morgan fingerprint density at radius 1 is 1.17 bits per heavy atom. The van der Waals surface area contributed by atoms with Crippen LogP contribution in [0.2, 0.25) is 0 Å². The average molecular weight is 240 g/mol. The summed E-state index contributed by atoms with van der Waals surface area (Å²) in [7, 11) is 1.62. The van der Waals surface area contributed by atoms with Crippen LogP contribution in [-0.2, 0) is 4.74 Å². The van der Waals surface area contributed by atoms with Crippen molar-refractivity contribution < 1.29 is 9.47 Å². The first-order valence-electron chi connectivity index (χ1n) is 5.75. The number of ether oxygens (including phenoxy) is 2. The fraction of sp³-hybridized carbons (Fsp3) is 0.125. The highest BCUT2D eigenvalue weighted by molar-refractivity contribution is 5.86. The van der Waals surface area contributed by atoms with Crippen molar-refractivity contribution >= 4 is 16.5 Å². The van der Waals surface area contributed by atoms with Gasteiger partial charge in [-0.05, 0) is 29.0 Å². The molecule has 0 radical (unpaired) electrons. The number of benzene rings is 2. The van der Waals surface area contributed by atoms with Gasteiger partial charge in [0.05, 0.1) is 7.11 Å². The van der Waals surface area contributed by atoms with Crippen molar-refractivity contribution in [2.75, 3.05) is 13.7 Å². The molecule has 2 aromatic carbocycles.